The van der Waals surface area contributed by atoms with Gasteiger partial charge in [0.1, 0.15) is 30.0 Å². The number of aromatic nitrogens is 4. The number of hydrogen-bond donors (Lipinski definition) is 0. The van der Waals surface area contributed by atoms with Gasteiger partial charge in [-0.15, -0.1) is 0 Å². The molecule has 0 spiro atoms. The van der Waals surface area contributed by atoms with Crippen LogP contribution >= 0.6 is 0 Å². The number of nitriles is 4. The topological polar surface area (TPSA) is 173 Å². The van der Waals surface area contributed by atoms with Crippen molar-refractivity contribution >= 4 is 5.97 Å². The first-order valence-corrected chi connectivity index (χ1v) is 17.4. The number of hydrogen-bond acceptors (Lipinski definition) is 10. The van der Waals surface area contributed by atoms with E-state index >= 15 is 0 Å². The smallest absolute Gasteiger partial charge is 0.311 e. The van der Waals surface area contributed by atoms with Gasteiger partial charge in [-0.25, -0.2) is 19.9 Å². The van der Waals surface area contributed by atoms with E-state index in [-0.39, 0.29) is 42.0 Å². The van der Waals surface area contributed by atoms with Gasteiger partial charge in [0.15, 0.2) is 22.8 Å². The summed E-state index contributed by atoms with van der Waals surface area (Å²) >= 11 is 0. The van der Waals surface area contributed by atoms with Crippen LogP contribution in [0.5, 0.6) is 5.75 Å². The van der Waals surface area contributed by atoms with Gasteiger partial charge in [0.25, 0.3) is 0 Å². The highest BCUT2D eigenvalue weighted by Gasteiger charge is 2.55. The predicted molar refractivity (Wildman–Crippen MR) is 196 cm³/mol. The number of esters is 1. The Morgan fingerprint density at radius 2 is 1.00 bits per heavy atom. The minimum atomic E-state index is -1.08. The fraction of sp³-hybridized carbons (Fsp3) is 0.159. The largest absolute Gasteiger partial charge is 0.427 e. The SMILES string of the molecule is N#Cc1nc2c(nc1C#N)C(CCC(=O)Oc1ccccc1)(CC1(CCc3ccccc3)c3ccccc3-c3nc(C#N)c(C#N)nc31)c1ccccc1-2. The molecule has 6 aromatic rings. The van der Waals surface area contributed by atoms with Crippen LogP contribution in [0, 0.1) is 45.3 Å². The number of aryl methyl sites for hydroxylation is 1. The van der Waals surface area contributed by atoms with Crippen LogP contribution in [0.2, 0.25) is 0 Å². The third-order valence-electron chi connectivity index (χ3n) is 10.5. The quantitative estimate of drug-likeness (QED) is 0.109. The molecular weight excluding hydrogens is 673 g/mol. The monoisotopic (exact) mass is 700 g/mol. The molecule has 2 atom stereocenters. The Hall–Kier alpha value is -7.53. The molecule has 4 aromatic carbocycles. The molecule has 2 aromatic heterocycles. The molecule has 0 amide bonds. The third-order valence-corrected chi connectivity index (χ3v) is 10.5. The van der Waals surface area contributed by atoms with Crippen LogP contribution in [-0.4, -0.2) is 25.9 Å². The molecule has 0 aliphatic heterocycles. The summed E-state index contributed by atoms with van der Waals surface area (Å²) in [6, 6.07) is 42.7. The number of carbonyl (C=O) groups is 1. The summed E-state index contributed by atoms with van der Waals surface area (Å²) in [5.74, 6) is -0.0380. The van der Waals surface area contributed by atoms with Crippen LogP contribution in [0.4, 0.5) is 0 Å². The molecule has 0 radical (unpaired) electrons. The lowest BCUT2D eigenvalue weighted by atomic mass is 9.61. The van der Waals surface area contributed by atoms with Crippen molar-refractivity contribution in [3.05, 3.63) is 160 Å². The van der Waals surface area contributed by atoms with Crippen molar-refractivity contribution in [2.75, 3.05) is 0 Å². The van der Waals surface area contributed by atoms with E-state index in [1.807, 2.05) is 78.9 Å². The van der Waals surface area contributed by atoms with Crippen molar-refractivity contribution in [1.29, 1.82) is 21.0 Å². The van der Waals surface area contributed by atoms with E-state index in [2.05, 4.69) is 30.3 Å². The second-order valence-electron chi connectivity index (χ2n) is 13.4. The standard InChI is InChI=1S/C44H28N8O2/c45-23-34-36(25-47)51-41-39(49-34)30-15-7-9-17-32(30)43(41,21-19-28-11-3-1-4-12-28)27-44(22-20-38(53)54-29-13-5-2-6-14-29)33-18-10-8-16-31(33)40-42(44)52-37(26-48)35(24-46)50-40/h1-18H,19-22,27H2. The first kappa shape index (κ1) is 33.6. The van der Waals surface area contributed by atoms with Gasteiger partial charge in [0, 0.05) is 28.4 Å². The molecule has 0 saturated heterocycles. The summed E-state index contributed by atoms with van der Waals surface area (Å²) in [4.78, 5) is 33.1. The van der Waals surface area contributed by atoms with Crippen LogP contribution in [-0.2, 0) is 22.0 Å². The Kier molecular flexibility index (Phi) is 8.43. The highest BCUT2D eigenvalue weighted by Crippen LogP contribution is 2.61. The van der Waals surface area contributed by atoms with Gasteiger partial charge < -0.3 is 4.74 Å². The molecule has 0 fully saturated rings. The Morgan fingerprint density at radius 1 is 0.556 bits per heavy atom. The molecule has 2 aliphatic rings. The third kappa shape index (κ3) is 5.42. The number of para-hydroxylation sites is 1. The maximum atomic E-state index is 13.7. The van der Waals surface area contributed by atoms with Crippen LogP contribution in [0.15, 0.2) is 109 Å². The van der Waals surface area contributed by atoms with Crippen molar-refractivity contribution in [2.24, 2.45) is 0 Å². The fourth-order valence-corrected chi connectivity index (χ4v) is 8.24. The number of fused-ring (bicyclic) bond motifs is 6. The molecule has 2 aliphatic carbocycles. The zero-order valence-electron chi connectivity index (χ0n) is 28.8. The zero-order chi connectivity index (χ0) is 37.3. The van der Waals surface area contributed by atoms with Gasteiger partial charge in [-0.3, -0.25) is 4.79 Å². The zero-order valence-corrected chi connectivity index (χ0v) is 28.8. The normalized spacial score (nSPS) is 17.0. The van der Waals surface area contributed by atoms with Crippen molar-refractivity contribution < 1.29 is 9.53 Å². The Balaban J connectivity index is 1.39. The summed E-state index contributed by atoms with van der Waals surface area (Å²) in [5.41, 5.74) is 3.99. The second-order valence-corrected chi connectivity index (χ2v) is 13.4. The van der Waals surface area contributed by atoms with Gasteiger partial charge in [-0.1, -0.05) is 97.1 Å². The molecular formula is C44H28N8O2. The van der Waals surface area contributed by atoms with Crippen molar-refractivity contribution in [3.63, 3.8) is 0 Å². The lowest BCUT2D eigenvalue weighted by Crippen LogP contribution is -2.40. The summed E-state index contributed by atoms with van der Waals surface area (Å²) in [7, 11) is 0. The van der Waals surface area contributed by atoms with E-state index < -0.39 is 16.8 Å². The first-order chi connectivity index (χ1) is 26.4. The van der Waals surface area contributed by atoms with Gasteiger partial charge in [0.2, 0.25) is 0 Å². The minimum Gasteiger partial charge on any atom is -0.427 e. The van der Waals surface area contributed by atoms with E-state index in [0.29, 0.717) is 41.4 Å². The highest BCUT2D eigenvalue weighted by molar-refractivity contribution is 5.82. The minimum absolute atomic E-state index is 0.0298. The van der Waals surface area contributed by atoms with E-state index in [1.54, 1.807) is 24.3 Å². The predicted octanol–water partition coefficient (Wildman–Crippen LogP) is 7.40. The highest BCUT2D eigenvalue weighted by atomic mass is 16.5. The molecule has 2 heterocycles. The van der Waals surface area contributed by atoms with Gasteiger partial charge in [-0.2, -0.15) is 21.0 Å². The Labute approximate surface area is 311 Å². The summed E-state index contributed by atoms with van der Waals surface area (Å²) in [6.07, 6.45) is 1.57. The van der Waals surface area contributed by atoms with Crippen molar-refractivity contribution in [3.8, 4) is 52.5 Å². The van der Waals surface area contributed by atoms with Gasteiger partial charge in [0.05, 0.1) is 22.8 Å². The molecule has 10 heteroatoms. The number of nitrogens with zero attached hydrogens (tertiary/aromatic N) is 8. The van der Waals surface area contributed by atoms with Crippen LogP contribution in [0.3, 0.4) is 0 Å². The van der Waals surface area contributed by atoms with Crippen LogP contribution < -0.4 is 4.74 Å². The molecule has 8 rings (SSSR count). The molecule has 54 heavy (non-hydrogen) atoms. The van der Waals surface area contributed by atoms with Crippen LogP contribution in [0.25, 0.3) is 22.5 Å². The summed E-state index contributed by atoms with van der Waals surface area (Å²) in [5, 5.41) is 40.4. The fourth-order valence-electron chi connectivity index (χ4n) is 8.24. The average molecular weight is 701 g/mol. The van der Waals surface area contributed by atoms with E-state index in [9.17, 15) is 25.8 Å². The van der Waals surface area contributed by atoms with Gasteiger partial charge >= 0.3 is 5.97 Å². The number of rotatable bonds is 9. The average Bonchev–Trinajstić information content (AvgIpc) is 3.64. The molecule has 0 N–H and O–H groups in total. The van der Waals surface area contributed by atoms with E-state index in [4.69, 9.17) is 24.7 Å². The number of benzene rings is 4. The molecule has 256 valence electrons. The maximum absolute atomic E-state index is 13.7. The van der Waals surface area contributed by atoms with Crippen LogP contribution in [0.1, 0.15) is 76.5 Å². The molecule has 10 nitrogen and oxygen atoms in total. The first-order valence-electron chi connectivity index (χ1n) is 17.4. The van der Waals surface area contributed by atoms with E-state index in [1.165, 1.54) is 0 Å². The van der Waals surface area contributed by atoms with E-state index in [0.717, 1.165) is 27.8 Å². The lowest BCUT2D eigenvalue weighted by molar-refractivity contribution is -0.134. The van der Waals surface area contributed by atoms with Crippen molar-refractivity contribution in [2.45, 2.75) is 42.9 Å². The molecule has 0 saturated carbocycles. The Bertz CT molecular complexity index is 2650. The maximum Gasteiger partial charge on any atom is 0.311 e. The summed E-state index contributed by atoms with van der Waals surface area (Å²) in [6.45, 7) is 0. The second kappa shape index (κ2) is 13.5. The van der Waals surface area contributed by atoms with Crippen molar-refractivity contribution in [1.82, 2.24) is 19.9 Å². The Morgan fingerprint density at radius 3 is 1.52 bits per heavy atom. The number of carbonyl (C=O) groups excluding carboxylic acids is 1. The van der Waals surface area contributed by atoms with Gasteiger partial charge in [-0.05, 0) is 54.5 Å². The molecule has 0 bridgehead atoms. The summed E-state index contributed by atoms with van der Waals surface area (Å²) < 4.78 is 5.79. The number of ether oxygens (including phenoxy) is 1. The molecule has 2 unspecified atom stereocenters. The lowest BCUT2D eigenvalue weighted by Gasteiger charge is -2.41.